The molecule has 0 aliphatic carbocycles. The van der Waals surface area contributed by atoms with Gasteiger partial charge in [0, 0.05) is 23.1 Å². The first-order chi connectivity index (χ1) is 18.3. The molecule has 0 radical (unpaired) electrons. The third kappa shape index (κ3) is 5.89. The molecule has 3 heterocycles. The van der Waals surface area contributed by atoms with Crippen molar-refractivity contribution in [2.45, 2.75) is 51.8 Å². The molecule has 2 aromatic heterocycles. The lowest BCUT2D eigenvalue weighted by Gasteiger charge is -2.35. The van der Waals surface area contributed by atoms with Crippen LogP contribution in [-0.4, -0.2) is 57.8 Å². The van der Waals surface area contributed by atoms with Crippen LogP contribution in [0.1, 0.15) is 61.9 Å². The first-order valence-corrected chi connectivity index (χ1v) is 14.4. The Bertz CT molecular complexity index is 1340. The van der Waals surface area contributed by atoms with Crippen LogP contribution < -0.4 is 0 Å². The number of aryl methyl sites for hydroxylation is 1. The standard InChI is InChI=1S/C29H36F2N6S/c1-7-36-12-10-20(11-13-36)29(38-6)21-8-9-26(33-16-21)35-27(24(31)17-32-5)22-14-23(30)28-25(15-22)37(18(2)3)19(4)34-28/h8-9,14-18,20,29H,5,7,10-13H2,1-4,6H3/b24-17+,35-27?. The molecule has 202 valence electrons. The Morgan fingerprint density at radius 1 is 1.26 bits per heavy atom. The molecule has 0 saturated carbocycles. The van der Waals surface area contributed by atoms with Crippen LogP contribution in [0.2, 0.25) is 0 Å². The minimum absolute atomic E-state index is 0.0538. The third-order valence-electron chi connectivity index (χ3n) is 7.23. The molecular formula is C29H36F2N6S. The van der Waals surface area contributed by atoms with E-state index in [4.69, 9.17) is 0 Å². The van der Waals surface area contributed by atoms with Gasteiger partial charge in [-0.3, -0.25) is 4.99 Å². The predicted molar refractivity (Wildman–Crippen MR) is 155 cm³/mol. The van der Waals surface area contributed by atoms with Gasteiger partial charge in [-0.15, -0.1) is 0 Å². The molecule has 1 aliphatic rings. The van der Waals surface area contributed by atoms with Crippen LogP contribution in [0, 0.1) is 18.7 Å². The number of piperidine rings is 1. The molecule has 0 spiro atoms. The Morgan fingerprint density at radius 2 is 2.00 bits per heavy atom. The van der Waals surface area contributed by atoms with Gasteiger partial charge in [0.15, 0.2) is 17.5 Å². The van der Waals surface area contributed by atoms with Crippen LogP contribution in [0.4, 0.5) is 14.6 Å². The molecule has 1 atom stereocenters. The number of hydrogen-bond acceptors (Lipinski definition) is 6. The zero-order valence-electron chi connectivity index (χ0n) is 22.8. The highest BCUT2D eigenvalue weighted by Crippen LogP contribution is 2.40. The number of benzene rings is 1. The van der Waals surface area contributed by atoms with E-state index in [1.54, 1.807) is 12.1 Å². The van der Waals surface area contributed by atoms with Crippen molar-refractivity contribution in [1.29, 1.82) is 0 Å². The number of rotatable bonds is 9. The molecule has 0 bridgehead atoms. The van der Waals surface area contributed by atoms with E-state index in [1.807, 2.05) is 49.4 Å². The maximum Gasteiger partial charge on any atom is 0.167 e. The molecule has 1 saturated heterocycles. The summed E-state index contributed by atoms with van der Waals surface area (Å²) in [6, 6.07) is 6.85. The lowest BCUT2D eigenvalue weighted by Crippen LogP contribution is -2.34. The van der Waals surface area contributed by atoms with Gasteiger partial charge >= 0.3 is 0 Å². The Balaban J connectivity index is 1.70. The summed E-state index contributed by atoms with van der Waals surface area (Å²) in [6.45, 7) is 14.7. The van der Waals surface area contributed by atoms with Gasteiger partial charge in [0.1, 0.15) is 17.1 Å². The largest absolute Gasteiger partial charge is 0.326 e. The molecule has 3 aromatic rings. The molecule has 38 heavy (non-hydrogen) atoms. The number of allylic oxidation sites excluding steroid dienone is 1. The van der Waals surface area contributed by atoms with Crippen LogP contribution in [0.3, 0.4) is 0 Å². The van der Waals surface area contributed by atoms with Crippen LogP contribution in [-0.2, 0) is 0 Å². The predicted octanol–water partition coefficient (Wildman–Crippen LogP) is 7.23. The highest BCUT2D eigenvalue weighted by Gasteiger charge is 2.27. The molecule has 1 unspecified atom stereocenters. The summed E-state index contributed by atoms with van der Waals surface area (Å²) in [5.74, 6) is 0.358. The van der Waals surface area contributed by atoms with Crippen LogP contribution in [0.15, 0.2) is 52.5 Å². The second kappa shape index (κ2) is 12.3. The lowest BCUT2D eigenvalue weighted by molar-refractivity contribution is 0.190. The van der Waals surface area contributed by atoms with Gasteiger partial charge in [0.25, 0.3) is 0 Å². The first kappa shape index (κ1) is 28.1. The summed E-state index contributed by atoms with van der Waals surface area (Å²) in [6.07, 6.45) is 7.27. The van der Waals surface area contributed by atoms with E-state index < -0.39 is 11.6 Å². The average Bonchev–Trinajstić information content (AvgIpc) is 3.25. The molecular weight excluding hydrogens is 502 g/mol. The zero-order valence-corrected chi connectivity index (χ0v) is 23.6. The first-order valence-electron chi connectivity index (χ1n) is 13.1. The van der Waals surface area contributed by atoms with E-state index in [2.05, 4.69) is 44.7 Å². The maximum atomic E-state index is 15.2. The molecule has 9 heteroatoms. The number of nitrogens with zero attached hydrogens (tertiary/aromatic N) is 6. The molecule has 1 aliphatic heterocycles. The average molecular weight is 539 g/mol. The van der Waals surface area contributed by atoms with E-state index in [9.17, 15) is 0 Å². The summed E-state index contributed by atoms with van der Waals surface area (Å²) in [4.78, 5) is 19.5. The van der Waals surface area contributed by atoms with Crippen molar-refractivity contribution in [3.05, 3.63) is 65.3 Å². The lowest BCUT2D eigenvalue weighted by atomic mass is 9.90. The van der Waals surface area contributed by atoms with Crippen molar-refractivity contribution in [2.24, 2.45) is 15.9 Å². The Kier molecular flexibility index (Phi) is 9.10. The number of pyridine rings is 1. The fourth-order valence-electron chi connectivity index (χ4n) is 5.37. The minimum Gasteiger partial charge on any atom is -0.326 e. The Morgan fingerprint density at radius 3 is 2.58 bits per heavy atom. The molecule has 1 fully saturated rings. The van der Waals surface area contributed by atoms with E-state index in [0.29, 0.717) is 28.3 Å². The van der Waals surface area contributed by atoms with Crippen molar-refractivity contribution in [3.63, 3.8) is 0 Å². The van der Waals surface area contributed by atoms with E-state index in [-0.39, 0.29) is 22.8 Å². The number of imidazole rings is 1. The minimum atomic E-state index is -0.721. The Hall–Kier alpha value is -2.91. The highest BCUT2D eigenvalue weighted by atomic mass is 32.2. The van der Waals surface area contributed by atoms with Crippen molar-refractivity contribution >= 4 is 41.0 Å². The maximum absolute atomic E-state index is 15.2. The molecule has 1 aromatic carbocycles. The van der Waals surface area contributed by atoms with Gasteiger partial charge in [0.2, 0.25) is 0 Å². The van der Waals surface area contributed by atoms with Gasteiger partial charge in [-0.25, -0.2) is 23.7 Å². The number of aromatic nitrogens is 3. The fourth-order valence-corrected chi connectivity index (χ4v) is 6.44. The van der Waals surface area contributed by atoms with E-state index in [1.165, 1.54) is 6.07 Å². The summed E-state index contributed by atoms with van der Waals surface area (Å²) in [5.41, 5.74) is 2.20. The quantitative estimate of drug-likeness (QED) is 0.270. The van der Waals surface area contributed by atoms with Crippen LogP contribution in [0.5, 0.6) is 0 Å². The van der Waals surface area contributed by atoms with Crippen molar-refractivity contribution in [3.8, 4) is 0 Å². The van der Waals surface area contributed by atoms with Crippen molar-refractivity contribution < 1.29 is 8.78 Å². The molecule has 0 N–H and O–H groups in total. The molecule has 0 amide bonds. The van der Waals surface area contributed by atoms with Crippen LogP contribution >= 0.6 is 11.8 Å². The monoisotopic (exact) mass is 538 g/mol. The van der Waals surface area contributed by atoms with Gasteiger partial charge in [0.05, 0.1) is 11.7 Å². The van der Waals surface area contributed by atoms with Gasteiger partial charge in [-0.2, -0.15) is 11.8 Å². The number of hydrogen-bond donors (Lipinski definition) is 0. The topological polar surface area (TPSA) is 58.7 Å². The summed E-state index contributed by atoms with van der Waals surface area (Å²) >= 11 is 1.84. The van der Waals surface area contributed by atoms with Crippen LogP contribution in [0.25, 0.3) is 11.0 Å². The van der Waals surface area contributed by atoms with Gasteiger partial charge in [-0.05, 0) is 95.9 Å². The van der Waals surface area contributed by atoms with Crippen molar-refractivity contribution in [1.82, 2.24) is 19.4 Å². The zero-order chi connectivity index (χ0) is 27.4. The second-order valence-corrected chi connectivity index (χ2v) is 10.9. The van der Waals surface area contributed by atoms with E-state index >= 15 is 8.78 Å². The summed E-state index contributed by atoms with van der Waals surface area (Å²) in [5, 5.41) is 0.344. The summed E-state index contributed by atoms with van der Waals surface area (Å²) in [7, 11) is 0. The normalized spacial score (nSPS) is 16.9. The molecule has 4 rings (SSSR count). The second-order valence-electron chi connectivity index (χ2n) is 9.95. The third-order valence-corrected chi connectivity index (χ3v) is 8.40. The highest BCUT2D eigenvalue weighted by molar-refractivity contribution is 7.98. The molecule has 6 nitrogen and oxygen atoms in total. The number of likely N-dealkylation sites (tertiary alicyclic amines) is 1. The number of halogens is 2. The fraction of sp³-hybridized carbons (Fsp3) is 0.448. The van der Waals surface area contributed by atoms with Gasteiger partial charge in [-0.1, -0.05) is 13.0 Å². The number of fused-ring (bicyclic) bond motifs is 1. The summed E-state index contributed by atoms with van der Waals surface area (Å²) < 4.78 is 32.3. The van der Waals surface area contributed by atoms with E-state index in [0.717, 1.165) is 44.2 Å². The number of aliphatic imine (C=N–C) groups is 2. The smallest absolute Gasteiger partial charge is 0.167 e. The Labute approximate surface area is 228 Å². The van der Waals surface area contributed by atoms with Crippen molar-refractivity contribution in [2.75, 3.05) is 25.9 Å². The SMILES string of the molecule is C=N/C=C(/F)C(=Nc1ccc(C(SC)C2CCN(CC)CC2)cn1)c1cc(F)c2nc(C)n(C(C)C)c2c1. The van der Waals surface area contributed by atoms with Gasteiger partial charge < -0.3 is 9.47 Å². The number of thioether (sulfide) groups is 1.